The second-order valence-corrected chi connectivity index (χ2v) is 5.48. The lowest BCUT2D eigenvalue weighted by Gasteiger charge is -2.17. The van der Waals surface area contributed by atoms with Gasteiger partial charge in [0.25, 0.3) is 0 Å². The van der Waals surface area contributed by atoms with E-state index in [2.05, 4.69) is 11.1 Å². The minimum absolute atomic E-state index is 0.375. The molecule has 20 heavy (non-hydrogen) atoms. The number of H-pyrrole nitrogens is 1. The normalized spacial score (nSPS) is 11.7. The fourth-order valence-electron chi connectivity index (χ4n) is 1.85. The van der Waals surface area contributed by atoms with Gasteiger partial charge in [-0.1, -0.05) is 6.07 Å². The zero-order valence-corrected chi connectivity index (χ0v) is 11.7. The molecule has 0 aliphatic heterocycles. The van der Waals surface area contributed by atoms with Crippen LogP contribution in [0.3, 0.4) is 0 Å². The fourth-order valence-corrected chi connectivity index (χ4v) is 1.85. The number of nitriles is 1. The molecule has 1 aromatic carbocycles. The molecular weight excluding hydrogens is 252 g/mol. The van der Waals surface area contributed by atoms with Crippen molar-refractivity contribution in [1.82, 2.24) is 4.98 Å². The van der Waals surface area contributed by atoms with E-state index in [0.717, 1.165) is 16.5 Å². The quantitative estimate of drug-likeness (QED) is 0.670. The molecule has 1 heterocycles. The van der Waals surface area contributed by atoms with Gasteiger partial charge in [-0.05, 0) is 39.0 Å². The Hall–Kier alpha value is -2.54. The van der Waals surface area contributed by atoms with Gasteiger partial charge in [-0.15, -0.1) is 0 Å². The van der Waals surface area contributed by atoms with Gasteiger partial charge in [0.15, 0.2) is 0 Å². The van der Waals surface area contributed by atoms with E-state index in [9.17, 15) is 4.79 Å². The van der Waals surface area contributed by atoms with Crippen LogP contribution >= 0.6 is 0 Å². The first kappa shape index (κ1) is 13.9. The Morgan fingerprint density at radius 1 is 1.40 bits per heavy atom. The molecular formula is C16H16N2O2. The summed E-state index contributed by atoms with van der Waals surface area (Å²) in [4.78, 5) is 14.7. The molecule has 0 saturated carbocycles. The fraction of sp³-hybridized carbons (Fsp3) is 0.250. The summed E-state index contributed by atoms with van der Waals surface area (Å²) in [6, 6.07) is 7.48. The van der Waals surface area contributed by atoms with Gasteiger partial charge < -0.3 is 9.72 Å². The van der Waals surface area contributed by atoms with Crippen molar-refractivity contribution in [2.24, 2.45) is 0 Å². The first-order chi connectivity index (χ1) is 9.39. The standard InChI is InChI=1S/C16H16N2O2/c1-16(2,3)20-15(19)7-5-12-10-18-14-8-11(9-17)4-6-13(12)14/h4-8,10,18H,1-3H3/b7-5+. The summed E-state index contributed by atoms with van der Waals surface area (Å²) < 4.78 is 5.21. The first-order valence-corrected chi connectivity index (χ1v) is 6.31. The number of carbonyl (C=O) groups is 1. The maximum Gasteiger partial charge on any atom is 0.331 e. The molecule has 2 rings (SSSR count). The van der Waals surface area contributed by atoms with Gasteiger partial charge in [-0.2, -0.15) is 5.26 Å². The van der Waals surface area contributed by atoms with Crippen LogP contribution in [0.15, 0.2) is 30.5 Å². The van der Waals surface area contributed by atoms with E-state index in [1.807, 2.05) is 26.8 Å². The third-order valence-corrected chi connectivity index (χ3v) is 2.65. The summed E-state index contributed by atoms with van der Waals surface area (Å²) in [5.74, 6) is -0.375. The van der Waals surface area contributed by atoms with Crippen LogP contribution in [0.5, 0.6) is 0 Å². The Bertz CT molecular complexity index is 712. The van der Waals surface area contributed by atoms with Crippen LogP contribution in [0.1, 0.15) is 31.9 Å². The van der Waals surface area contributed by atoms with Gasteiger partial charge in [0.05, 0.1) is 11.6 Å². The lowest BCUT2D eigenvalue weighted by atomic mass is 10.1. The highest BCUT2D eigenvalue weighted by Gasteiger charge is 2.14. The molecule has 4 heteroatoms. The minimum atomic E-state index is -0.497. The summed E-state index contributed by atoms with van der Waals surface area (Å²) in [5.41, 5.74) is 1.86. The Balaban J connectivity index is 2.22. The molecule has 0 atom stereocenters. The number of carbonyl (C=O) groups excluding carboxylic acids is 1. The minimum Gasteiger partial charge on any atom is -0.457 e. The number of nitrogens with zero attached hydrogens (tertiary/aromatic N) is 1. The molecule has 0 fully saturated rings. The van der Waals surface area contributed by atoms with Crippen LogP contribution in [0, 0.1) is 11.3 Å². The van der Waals surface area contributed by atoms with Crippen molar-refractivity contribution in [3.8, 4) is 6.07 Å². The lowest BCUT2D eigenvalue weighted by Crippen LogP contribution is -2.22. The number of fused-ring (bicyclic) bond motifs is 1. The van der Waals surface area contributed by atoms with Crippen LogP contribution in [0.4, 0.5) is 0 Å². The second kappa shape index (κ2) is 5.22. The SMILES string of the molecule is CC(C)(C)OC(=O)/C=C/c1c[nH]c2cc(C#N)ccc12. The van der Waals surface area contributed by atoms with Gasteiger partial charge >= 0.3 is 5.97 Å². The van der Waals surface area contributed by atoms with E-state index in [-0.39, 0.29) is 5.97 Å². The molecule has 102 valence electrons. The summed E-state index contributed by atoms with van der Waals surface area (Å²) in [5, 5.41) is 9.81. The van der Waals surface area contributed by atoms with E-state index in [1.165, 1.54) is 6.08 Å². The van der Waals surface area contributed by atoms with Gasteiger partial charge in [0, 0.05) is 28.7 Å². The highest BCUT2D eigenvalue weighted by molar-refractivity contribution is 5.94. The molecule has 2 aromatic rings. The van der Waals surface area contributed by atoms with E-state index in [4.69, 9.17) is 10.00 Å². The van der Waals surface area contributed by atoms with Gasteiger partial charge in [-0.25, -0.2) is 4.79 Å². The smallest absolute Gasteiger partial charge is 0.331 e. The summed E-state index contributed by atoms with van der Waals surface area (Å²) >= 11 is 0. The highest BCUT2D eigenvalue weighted by atomic mass is 16.6. The molecule has 0 unspecified atom stereocenters. The largest absolute Gasteiger partial charge is 0.457 e. The van der Waals surface area contributed by atoms with Gasteiger partial charge in [0.1, 0.15) is 5.60 Å². The van der Waals surface area contributed by atoms with Crippen molar-refractivity contribution in [2.45, 2.75) is 26.4 Å². The topological polar surface area (TPSA) is 65.9 Å². The maximum absolute atomic E-state index is 11.6. The zero-order valence-electron chi connectivity index (χ0n) is 11.7. The van der Waals surface area contributed by atoms with Crippen molar-refractivity contribution in [3.63, 3.8) is 0 Å². The summed E-state index contributed by atoms with van der Waals surface area (Å²) in [6.45, 7) is 5.48. The molecule has 0 spiro atoms. The van der Waals surface area contributed by atoms with Crippen LogP contribution in [0.25, 0.3) is 17.0 Å². The Morgan fingerprint density at radius 2 is 2.15 bits per heavy atom. The van der Waals surface area contributed by atoms with E-state index in [1.54, 1.807) is 24.4 Å². The predicted molar refractivity (Wildman–Crippen MR) is 77.9 cm³/mol. The number of hydrogen-bond acceptors (Lipinski definition) is 3. The third kappa shape index (κ3) is 3.27. The number of esters is 1. The number of nitrogens with one attached hydrogen (secondary N) is 1. The van der Waals surface area contributed by atoms with Crippen molar-refractivity contribution in [1.29, 1.82) is 5.26 Å². The van der Waals surface area contributed by atoms with Crippen molar-refractivity contribution >= 4 is 22.9 Å². The molecule has 1 aromatic heterocycles. The molecule has 1 N–H and O–H groups in total. The van der Waals surface area contributed by atoms with Crippen LogP contribution in [0.2, 0.25) is 0 Å². The zero-order chi connectivity index (χ0) is 14.8. The highest BCUT2D eigenvalue weighted by Crippen LogP contribution is 2.20. The first-order valence-electron chi connectivity index (χ1n) is 6.31. The third-order valence-electron chi connectivity index (χ3n) is 2.65. The number of rotatable bonds is 2. The molecule has 0 aliphatic rings. The average Bonchev–Trinajstić information content (AvgIpc) is 2.76. The lowest BCUT2D eigenvalue weighted by molar-refractivity contribution is -0.148. The van der Waals surface area contributed by atoms with Crippen molar-refractivity contribution in [2.75, 3.05) is 0 Å². The van der Waals surface area contributed by atoms with Crippen LogP contribution in [-0.4, -0.2) is 16.6 Å². The number of hydrogen-bond donors (Lipinski definition) is 1. The Morgan fingerprint density at radius 3 is 2.80 bits per heavy atom. The Labute approximate surface area is 117 Å². The van der Waals surface area contributed by atoms with Crippen LogP contribution in [-0.2, 0) is 9.53 Å². The average molecular weight is 268 g/mol. The molecule has 0 amide bonds. The predicted octanol–water partition coefficient (Wildman–Crippen LogP) is 3.39. The Kier molecular flexibility index (Phi) is 3.62. The van der Waals surface area contributed by atoms with Gasteiger partial charge in [-0.3, -0.25) is 0 Å². The molecule has 0 bridgehead atoms. The van der Waals surface area contributed by atoms with Crippen LogP contribution < -0.4 is 0 Å². The second-order valence-electron chi connectivity index (χ2n) is 5.48. The van der Waals surface area contributed by atoms with E-state index >= 15 is 0 Å². The maximum atomic E-state index is 11.6. The number of aromatic nitrogens is 1. The molecule has 0 radical (unpaired) electrons. The summed E-state index contributed by atoms with van der Waals surface area (Å²) in [7, 11) is 0. The molecule has 0 aliphatic carbocycles. The van der Waals surface area contributed by atoms with E-state index in [0.29, 0.717) is 5.56 Å². The number of benzene rings is 1. The van der Waals surface area contributed by atoms with Crippen molar-refractivity contribution in [3.05, 3.63) is 41.6 Å². The van der Waals surface area contributed by atoms with Crippen molar-refractivity contribution < 1.29 is 9.53 Å². The van der Waals surface area contributed by atoms with Gasteiger partial charge in [0.2, 0.25) is 0 Å². The number of aromatic amines is 1. The monoisotopic (exact) mass is 268 g/mol. The summed E-state index contributed by atoms with van der Waals surface area (Å²) in [6.07, 6.45) is 4.91. The molecule has 4 nitrogen and oxygen atoms in total. The van der Waals surface area contributed by atoms with E-state index < -0.39 is 5.60 Å². The number of ether oxygens (including phenoxy) is 1. The molecule has 0 saturated heterocycles.